The fraction of sp³-hybridized carbons (Fsp3) is 0.545. The van der Waals surface area contributed by atoms with E-state index >= 15 is 0 Å². The summed E-state index contributed by atoms with van der Waals surface area (Å²) in [4.78, 5) is 3.87. The fourth-order valence-corrected chi connectivity index (χ4v) is 6.35. The van der Waals surface area contributed by atoms with Gasteiger partial charge >= 0.3 is 0 Å². The van der Waals surface area contributed by atoms with Crippen LogP contribution in [0.2, 0.25) is 5.02 Å². The SMILES string of the molecule is CCCS(=O)(=O)N(c1nccc(I)c1Cl)S(=O)(=O)CCC. The number of halogens is 2. The zero-order chi connectivity index (χ0) is 16.3. The fourth-order valence-electron chi connectivity index (χ4n) is 1.66. The summed E-state index contributed by atoms with van der Waals surface area (Å²) in [6, 6.07) is 1.57. The maximum atomic E-state index is 12.4. The van der Waals surface area contributed by atoms with E-state index in [-0.39, 0.29) is 22.3 Å². The number of hydrogen-bond donors (Lipinski definition) is 0. The van der Waals surface area contributed by atoms with Crippen LogP contribution in [-0.2, 0) is 20.0 Å². The molecule has 0 aromatic carbocycles. The van der Waals surface area contributed by atoms with Crippen molar-refractivity contribution in [3.8, 4) is 0 Å². The third kappa shape index (κ3) is 4.42. The van der Waals surface area contributed by atoms with Crippen molar-refractivity contribution < 1.29 is 16.8 Å². The van der Waals surface area contributed by atoms with E-state index in [1.165, 1.54) is 6.20 Å². The summed E-state index contributed by atoms with van der Waals surface area (Å²) in [7, 11) is -8.10. The number of hydrogen-bond acceptors (Lipinski definition) is 5. The standard InChI is InChI=1S/C11H16ClIN2O4S2/c1-3-7-20(16,17)15(21(18,19)8-4-2)11-10(12)9(13)5-6-14-11/h5-6H,3-4,7-8H2,1-2H3. The van der Waals surface area contributed by atoms with Crippen LogP contribution in [0.3, 0.4) is 0 Å². The third-order valence-corrected chi connectivity index (χ3v) is 8.58. The van der Waals surface area contributed by atoms with E-state index in [4.69, 9.17) is 11.6 Å². The van der Waals surface area contributed by atoms with Gasteiger partial charge in [-0.05, 0) is 41.5 Å². The molecule has 0 atom stereocenters. The number of pyridine rings is 1. The van der Waals surface area contributed by atoms with Crippen LogP contribution in [0, 0.1) is 3.57 Å². The molecule has 0 saturated carbocycles. The van der Waals surface area contributed by atoms with Gasteiger partial charge in [-0.2, -0.15) is 0 Å². The normalized spacial score (nSPS) is 12.4. The van der Waals surface area contributed by atoms with Gasteiger partial charge in [-0.25, -0.2) is 21.8 Å². The molecule has 1 aromatic rings. The molecular weight excluding hydrogens is 451 g/mol. The van der Waals surface area contributed by atoms with Crippen molar-refractivity contribution in [3.05, 3.63) is 20.9 Å². The second kappa shape index (κ2) is 7.42. The Morgan fingerprint density at radius 2 is 1.62 bits per heavy atom. The average Bonchev–Trinajstić information content (AvgIpc) is 2.34. The smallest absolute Gasteiger partial charge is 0.236 e. The highest BCUT2D eigenvalue weighted by atomic mass is 127. The number of nitrogens with zero attached hydrogens (tertiary/aromatic N) is 2. The molecule has 10 heteroatoms. The minimum Gasteiger partial charge on any atom is -0.236 e. The second-order valence-corrected chi connectivity index (χ2v) is 9.91. The lowest BCUT2D eigenvalue weighted by molar-refractivity contribution is 0.582. The molecular formula is C11H16ClIN2O4S2. The van der Waals surface area contributed by atoms with Gasteiger partial charge in [-0.15, -0.1) is 3.71 Å². The first-order chi connectivity index (χ1) is 9.67. The van der Waals surface area contributed by atoms with Crippen LogP contribution in [0.4, 0.5) is 5.82 Å². The summed E-state index contributed by atoms with van der Waals surface area (Å²) < 4.78 is 50.4. The Kier molecular flexibility index (Phi) is 6.69. The zero-order valence-corrected chi connectivity index (χ0v) is 16.1. The maximum Gasteiger partial charge on any atom is 0.249 e. The number of aromatic nitrogens is 1. The summed E-state index contributed by atoms with van der Waals surface area (Å²) in [6.07, 6.45) is 1.92. The quantitative estimate of drug-likeness (QED) is 0.577. The molecule has 6 nitrogen and oxygen atoms in total. The van der Waals surface area contributed by atoms with E-state index in [0.717, 1.165) is 0 Å². The molecule has 1 aromatic heterocycles. The Bertz CT molecular complexity index is 671. The van der Waals surface area contributed by atoms with Crippen LogP contribution in [0.5, 0.6) is 0 Å². The van der Waals surface area contributed by atoms with Gasteiger partial charge < -0.3 is 0 Å². The van der Waals surface area contributed by atoms with Crippen LogP contribution in [0.1, 0.15) is 26.7 Å². The molecule has 21 heavy (non-hydrogen) atoms. The number of sulfonamides is 2. The Labute approximate surface area is 144 Å². The number of rotatable bonds is 7. The maximum absolute atomic E-state index is 12.4. The number of anilines is 1. The first-order valence-electron chi connectivity index (χ1n) is 6.23. The molecule has 0 radical (unpaired) electrons. The molecule has 0 fully saturated rings. The van der Waals surface area contributed by atoms with Crippen LogP contribution in [0.25, 0.3) is 0 Å². The van der Waals surface area contributed by atoms with Crippen molar-refractivity contribution in [1.82, 2.24) is 4.98 Å². The van der Waals surface area contributed by atoms with Gasteiger partial charge in [0.05, 0.1) is 16.5 Å². The van der Waals surface area contributed by atoms with Gasteiger partial charge in [0.25, 0.3) is 0 Å². The molecule has 0 aliphatic heterocycles. The monoisotopic (exact) mass is 466 g/mol. The molecule has 0 amide bonds. The van der Waals surface area contributed by atoms with Crippen molar-refractivity contribution >= 4 is 60.1 Å². The second-order valence-electron chi connectivity index (χ2n) is 4.26. The highest BCUT2D eigenvalue weighted by Gasteiger charge is 2.35. The summed E-state index contributed by atoms with van der Waals surface area (Å²) in [5.74, 6) is -0.843. The molecule has 0 aliphatic rings. The molecule has 0 N–H and O–H groups in total. The van der Waals surface area contributed by atoms with Gasteiger partial charge in [0.15, 0.2) is 5.82 Å². The average molecular weight is 467 g/mol. The summed E-state index contributed by atoms with van der Waals surface area (Å²) in [5, 5.41) is 0.0115. The molecule has 1 rings (SSSR count). The lowest BCUT2D eigenvalue weighted by Crippen LogP contribution is -2.40. The molecule has 1 heterocycles. The van der Waals surface area contributed by atoms with Crippen LogP contribution in [0.15, 0.2) is 12.3 Å². The summed E-state index contributed by atoms with van der Waals surface area (Å²) in [5.41, 5.74) is 0. The van der Waals surface area contributed by atoms with E-state index < -0.39 is 20.0 Å². The van der Waals surface area contributed by atoms with Crippen molar-refractivity contribution in [2.45, 2.75) is 26.7 Å². The summed E-state index contributed by atoms with van der Waals surface area (Å²) in [6.45, 7) is 3.32. The van der Waals surface area contributed by atoms with Crippen molar-refractivity contribution in [3.63, 3.8) is 0 Å². The van der Waals surface area contributed by atoms with Crippen molar-refractivity contribution in [2.24, 2.45) is 0 Å². The zero-order valence-electron chi connectivity index (χ0n) is 11.6. The lowest BCUT2D eigenvalue weighted by atomic mass is 10.5. The third-order valence-electron chi connectivity index (χ3n) is 2.43. The molecule has 0 aliphatic carbocycles. The van der Waals surface area contributed by atoms with Crippen LogP contribution < -0.4 is 3.71 Å². The van der Waals surface area contributed by atoms with E-state index in [9.17, 15) is 16.8 Å². The Morgan fingerprint density at radius 1 is 1.14 bits per heavy atom. The predicted octanol–water partition coefficient (Wildman–Crippen LogP) is 2.63. The van der Waals surface area contributed by atoms with E-state index in [1.807, 2.05) is 22.6 Å². The largest absolute Gasteiger partial charge is 0.249 e. The highest BCUT2D eigenvalue weighted by molar-refractivity contribution is 14.1. The summed E-state index contributed by atoms with van der Waals surface area (Å²) >= 11 is 7.95. The Hall–Kier alpha value is -0.130. The topological polar surface area (TPSA) is 84.4 Å². The van der Waals surface area contributed by atoms with E-state index in [0.29, 0.717) is 20.1 Å². The lowest BCUT2D eigenvalue weighted by Gasteiger charge is -2.23. The van der Waals surface area contributed by atoms with Gasteiger partial charge in [0.1, 0.15) is 0 Å². The van der Waals surface area contributed by atoms with Crippen molar-refractivity contribution in [1.29, 1.82) is 0 Å². The first-order valence-corrected chi connectivity index (χ1v) is 10.9. The van der Waals surface area contributed by atoms with Crippen molar-refractivity contribution in [2.75, 3.05) is 15.2 Å². The highest BCUT2D eigenvalue weighted by Crippen LogP contribution is 2.32. The van der Waals surface area contributed by atoms with Gasteiger partial charge in [-0.3, -0.25) is 0 Å². The van der Waals surface area contributed by atoms with Crippen LogP contribution in [-0.4, -0.2) is 33.3 Å². The van der Waals surface area contributed by atoms with E-state index in [1.54, 1.807) is 19.9 Å². The first kappa shape index (κ1) is 18.9. The minimum atomic E-state index is -4.05. The molecule has 0 bridgehead atoms. The molecule has 0 spiro atoms. The van der Waals surface area contributed by atoms with Gasteiger partial charge in [-0.1, -0.05) is 25.4 Å². The Balaban J connectivity index is 3.58. The Morgan fingerprint density at radius 3 is 2.05 bits per heavy atom. The van der Waals surface area contributed by atoms with Crippen LogP contribution >= 0.6 is 34.2 Å². The molecule has 0 saturated heterocycles. The minimum absolute atomic E-state index is 0.0115. The van der Waals surface area contributed by atoms with Gasteiger partial charge in [0.2, 0.25) is 20.0 Å². The van der Waals surface area contributed by atoms with Gasteiger partial charge in [0, 0.05) is 9.77 Å². The predicted molar refractivity (Wildman–Crippen MR) is 92.6 cm³/mol. The molecule has 0 unspecified atom stereocenters. The molecule has 120 valence electrons. The van der Waals surface area contributed by atoms with E-state index in [2.05, 4.69) is 4.98 Å².